The van der Waals surface area contributed by atoms with Gasteiger partial charge in [0.2, 0.25) is 11.6 Å². The zero-order valence-corrected chi connectivity index (χ0v) is 12.3. The summed E-state index contributed by atoms with van der Waals surface area (Å²) in [6.45, 7) is 2.61. The molecule has 21 heavy (non-hydrogen) atoms. The first-order valence-corrected chi connectivity index (χ1v) is 7.20. The van der Waals surface area contributed by atoms with Gasteiger partial charge < -0.3 is 15.4 Å². The molecule has 1 aromatic rings. The lowest BCUT2D eigenvalue weighted by Gasteiger charge is -2.20. The lowest BCUT2D eigenvalue weighted by molar-refractivity contribution is -0.383. The Morgan fingerprint density at radius 1 is 1.43 bits per heavy atom. The molecule has 2 unspecified atom stereocenters. The minimum absolute atomic E-state index is 0.0441. The summed E-state index contributed by atoms with van der Waals surface area (Å²) >= 11 is 0. The van der Waals surface area contributed by atoms with Crippen molar-refractivity contribution in [3.05, 3.63) is 16.4 Å². The fraction of sp³-hybridized carbons (Fsp3) is 0.692. The van der Waals surface area contributed by atoms with Gasteiger partial charge in [-0.2, -0.15) is 0 Å². The van der Waals surface area contributed by atoms with Crippen LogP contribution in [0, 0.1) is 10.1 Å². The van der Waals surface area contributed by atoms with Gasteiger partial charge >= 0.3 is 5.69 Å². The van der Waals surface area contributed by atoms with Crippen LogP contribution in [0.2, 0.25) is 0 Å². The Bertz CT molecular complexity index is 497. The monoisotopic (exact) mass is 295 g/mol. The molecule has 0 amide bonds. The molecule has 1 heterocycles. The van der Waals surface area contributed by atoms with Gasteiger partial charge in [0.05, 0.1) is 17.1 Å². The average Bonchev–Trinajstić information content (AvgIpc) is 2.92. The molecule has 0 aliphatic heterocycles. The SMILES string of the molecule is CCCNc1ncnc(NC2CCCC2OC)c1[N+](=O)[O-]. The fourth-order valence-electron chi connectivity index (χ4n) is 2.58. The standard InChI is InChI=1S/C13H21N5O3/c1-3-7-14-12-11(18(19)20)13(16-8-15-12)17-9-5-4-6-10(9)21-2/h8-10H,3-7H2,1-2H3,(H2,14,15,16,17). The summed E-state index contributed by atoms with van der Waals surface area (Å²) in [5, 5.41) is 17.5. The first-order chi connectivity index (χ1) is 10.2. The van der Waals surface area contributed by atoms with E-state index in [0.717, 1.165) is 25.7 Å². The van der Waals surface area contributed by atoms with Crippen LogP contribution in [-0.4, -0.2) is 40.7 Å². The Labute approximate surface area is 123 Å². The van der Waals surface area contributed by atoms with Crippen molar-refractivity contribution in [2.75, 3.05) is 24.3 Å². The van der Waals surface area contributed by atoms with Gasteiger partial charge in [0.1, 0.15) is 6.33 Å². The molecule has 1 fully saturated rings. The van der Waals surface area contributed by atoms with E-state index in [1.54, 1.807) is 7.11 Å². The van der Waals surface area contributed by atoms with Crippen molar-refractivity contribution < 1.29 is 9.66 Å². The predicted molar refractivity (Wildman–Crippen MR) is 79.5 cm³/mol. The summed E-state index contributed by atoms with van der Waals surface area (Å²) in [5.74, 6) is 0.508. The molecule has 2 rings (SSSR count). The summed E-state index contributed by atoms with van der Waals surface area (Å²) in [5.41, 5.74) is -0.104. The zero-order valence-electron chi connectivity index (χ0n) is 12.3. The van der Waals surface area contributed by atoms with Crippen molar-refractivity contribution in [1.82, 2.24) is 9.97 Å². The molecule has 0 aromatic carbocycles. The topological polar surface area (TPSA) is 102 Å². The second kappa shape index (κ2) is 7.16. The van der Waals surface area contributed by atoms with Crippen molar-refractivity contribution in [3.63, 3.8) is 0 Å². The Hall–Kier alpha value is -1.96. The van der Waals surface area contributed by atoms with Gasteiger partial charge in [-0.1, -0.05) is 6.92 Å². The van der Waals surface area contributed by atoms with Gasteiger partial charge in [-0.3, -0.25) is 10.1 Å². The highest BCUT2D eigenvalue weighted by molar-refractivity contribution is 5.69. The van der Waals surface area contributed by atoms with E-state index < -0.39 is 4.92 Å². The molecule has 1 aliphatic rings. The van der Waals surface area contributed by atoms with E-state index in [-0.39, 0.29) is 29.5 Å². The van der Waals surface area contributed by atoms with Crippen LogP contribution in [0.3, 0.4) is 0 Å². The van der Waals surface area contributed by atoms with Crippen molar-refractivity contribution in [3.8, 4) is 0 Å². The van der Waals surface area contributed by atoms with E-state index >= 15 is 0 Å². The first-order valence-electron chi connectivity index (χ1n) is 7.20. The van der Waals surface area contributed by atoms with Crippen LogP contribution in [0.25, 0.3) is 0 Å². The third-order valence-corrected chi connectivity index (χ3v) is 3.62. The Kier molecular flexibility index (Phi) is 5.26. The molecule has 1 aliphatic carbocycles. The summed E-state index contributed by atoms with van der Waals surface area (Å²) in [4.78, 5) is 18.9. The Balaban J connectivity index is 2.23. The first kappa shape index (κ1) is 15.4. The van der Waals surface area contributed by atoms with Crippen LogP contribution in [-0.2, 0) is 4.74 Å². The van der Waals surface area contributed by atoms with Gasteiger partial charge in [0.15, 0.2) is 0 Å². The van der Waals surface area contributed by atoms with Crippen molar-refractivity contribution in [2.45, 2.75) is 44.8 Å². The highest BCUT2D eigenvalue weighted by Gasteiger charge is 2.31. The highest BCUT2D eigenvalue weighted by atomic mass is 16.6. The number of nitrogens with one attached hydrogen (secondary N) is 2. The van der Waals surface area contributed by atoms with E-state index in [4.69, 9.17) is 4.74 Å². The summed E-state index contributed by atoms with van der Waals surface area (Å²) in [6, 6.07) is 0.0441. The number of methoxy groups -OCH3 is 1. The molecule has 8 nitrogen and oxygen atoms in total. The Morgan fingerprint density at radius 3 is 2.86 bits per heavy atom. The number of ether oxygens (including phenoxy) is 1. The molecular weight excluding hydrogens is 274 g/mol. The van der Waals surface area contributed by atoms with Gasteiger partial charge in [0, 0.05) is 13.7 Å². The average molecular weight is 295 g/mol. The van der Waals surface area contributed by atoms with Gasteiger partial charge in [-0.15, -0.1) is 0 Å². The number of hydrogen-bond donors (Lipinski definition) is 2. The molecule has 116 valence electrons. The van der Waals surface area contributed by atoms with Crippen LogP contribution in [0.15, 0.2) is 6.33 Å². The van der Waals surface area contributed by atoms with E-state index in [9.17, 15) is 10.1 Å². The minimum atomic E-state index is -0.447. The van der Waals surface area contributed by atoms with Crippen molar-refractivity contribution >= 4 is 17.3 Å². The third-order valence-electron chi connectivity index (χ3n) is 3.62. The Morgan fingerprint density at radius 2 is 2.19 bits per heavy atom. The normalized spacial score (nSPS) is 21.2. The second-order valence-corrected chi connectivity index (χ2v) is 5.06. The van der Waals surface area contributed by atoms with Crippen LogP contribution >= 0.6 is 0 Å². The second-order valence-electron chi connectivity index (χ2n) is 5.06. The third kappa shape index (κ3) is 3.57. The lowest BCUT2D eigenvalue weighted by Crippen LogP contribution is -2.30. The zero-order chi connectivity index (χ0) is 15.2. The van der Waals surface area contributed by atoms with Gasteiger partial charge in [0.25, 0.3) is 0 Å². The summed E-state index contributed by atoms with van der Waals surface area (Å²) in [7, 11) is 1.66. The number of aromatic nitrogens is 2. The lowest BCUT2D eigenvalue weighted by atomic mass is 10.2. The van der Waals surface area contributed by atoms with Gasteiger partial charge in [-0.25, -0.2) is 9.97 Å². The minimum Gasteiger partial charge on any atom is -0.379 e. The maximum atomic E-state index is 11.3. The van der Waals surface area contributed by atoms with Crippen LogP contribution in [0.1, 0.15) is 32.6 Å². The van der Waals surface area contributed by atoms with Gasteiger partial charge in [-0.05, 0) is 25.7 Å². The molecule has 1 saturated carbocycles. The van der Waals surface area contributed by atoms with E-state index in [1.807, 2.05) is 6.92 Å². The largest absolute Gasteiger partial charge is 0.379 e. The number of hydrogen-bond acceptors (Lipinski definition) is 7. The van der Waals surface area contributed by atoms with Crippen molar-refractivity contribution in [2.24, 2.45) is 0 Å². The maximum Gasteiger partial charge on any atom is 0.353 e. The number of nitro groups is 1. The molecule has 0 bridgehead atoms. The number of rotatable bonds is 7. The van der Waals surface area contributed by atoms with Crippen LogP contribution < -0.4 is 10.6 Å². The van der Waals surface area contributed by atoms with Crippen LogP contribution in [0.4, 0.5) is 17.3 Å². The smallest absolute Gasteiger partial charge is 0.353 e. The molecule has 2 N–H and O–H groups in total. The highest BCUT2D eigenvalue weighted by Crippen LogP contribution is 2.32. The maximum absolute atomic E-state index is 11.3. The molecule has 2 atom stereocenters. The molecule has 8 heteroatoms. The molecule has 0 saturated heterocycles. The molecule has 0 spiro atoms. The molecule has 0 radical (unpaired) electrons. The number of nitrogens with zero attached hydrogens (tertiary/aromatic N) is 3. The molecule has 1 aromatic heterocycles. The number of anilines is 2. The predicted octanol–water partition coefficient (Wildman–Crippen LogP) is 2.19. The van der Waals surface area contributed by atoms with E-state index in [0.29, 0.717) is 6.54 Å². The fourth-order valence-corrected chi connectivity index (χ4v) is 2.58. The van der Waals surface area contributed by atoms with E-state index in [2.05, 4.69) is 20.6 Å². The molecular formula is C13H21N5O3. The van der Waals surface area contributed by atoms with Crippen LogP contribution in [0.5, 0.6) is 0 Å². The summed E-state index contributed by atoms with van der Waals surface area (Å²) in [6.07, 6.45) is 5.16. The quantitative estimate of drug-likeness (QED) is 0.587. The summed E-state index contributed by atoms with van der Waals surface area (Å²) < 4.78 is 5.40. The van der Waals surface area contributed by atoms with Crippen molar-refractivity contribution in [1.29, 1.82) is 0 Å². The van der Waals surface area contributed by atoms with E-state index in [1.165, 1.54) is 6.33 Å².